The average molecular weight is 278 g/mol. The molecule has 0 spiro atoms. The van der Waals surface area contributed by atoms with Crippen LogP contribution in [0.3, 0.4) is 0 Å². The van der Waals surface area contributed by atoms with Gasteiger partial charge in [-0.25, -0.2) is 4.79 Å². The molecule has 0 aromatic heterocycles. The third-order valence-electron chi connectivity index (χ3n) is 2.24. The van der Waals surface area contributed by atoms with Gasteiger partial charge in [-0.2, -0.15) is 5.26 Å². The van der Waals surface area contributed by atoms with E-state index in [1.807, 2.05) is 6.07 Å². The molecule has 1 aromatic rings. The second-order valence-corrected chi connectivity index (χ2v) is 4.05. The number of hydrogen-bond donors (Lipinski definition) is 0. The fourth-order valence-electron chi connectivity index (χ4n) is 1.38. The van der Waals surface area contributed by atoms with Crippen molar-refractivity contribution in [1.82, 2.24) is 0 Å². The molecule has 0 saturated carbocycles. The van der Waals surface area contributed by atoms with Gasteiger partial charge in [-0.1, -0.05) is 12.1 Å². The molecule has 0 radical (unpaired) electrons. The van der Waals surface area contributed by atoms with Crippen molar-refractivity contribution in [2.24, 2.45) is 0 Å². The smallest absolute Gasteiger partial charge is 0.341 e. The molecule has 0 bridgehead atoms. The standard InChI is InChI=1S/C14H12ClNO3/c1-10(17)13(14(18)19-6-5-15)8-11-3-2-4-12(7-11)9-16/h2-4,7-8H,5-6H2,1H3/b13-8+. The van der Waals surface area contributed by atoms with Crippen molar-refractivity contribution >= 4 is 29.4 Å². The molecule has 0 N–H and O–H groups in total. The lowest BCUT2D eigenvalue weighted by Crippen LogP contribution is -2.14. The van der Waals surface area contributed by atoms with E-state index in [1.54, 1.807) is 24.3 Å². The predicted molar refractivity (Wildman–Crippen MR) is 71.5 cm³/mol. The third kappa shape index (κ3) is 4.57. The van der Waals surface area contributed by atoms with E-state index in [0.29, 0.717) is 11.1 Å². The third-order valence-corrected chi connectivity index (χ3v) is 2.39. The Morgan fingerprint density at radius 3 is 2.79 bits per heavy atom. The number of carbonyl (C=O) groups is 2. The van der Waals surface area contributed by atoms with Gasteiger partial charge >= 0.3 is 5.97 Å². The van der Waals surface area contributed by atoms with E-state index in [0.717, 1.165) is 0 Å². The first-order chi connectivity index (χ1) is 9.08. The number of carbonyl (C=O) groups excluding carboxylic acids is 2. The Bertz CT molecular complexity index is 558. The first-order valence-corrected chi connectivity index (χ1v) is 6.08. The van der Waals surface area contributed by atoms with Crippen LogP contribution >= 0.6 is 11.6 Å². The molecule has 0 saturated heterocycles. The number of benzene rings is 1. The highest BCUT2D eigenvalue weighted by Gasteiger charge is 2.15. The molecule has 1 aromatic carbocycles. The molecular formula is C14H12ClNO3. The lowest BCUT2D eigenvalue weighted by atomic mass is 10.1. The lowest BCUT2D eigenvalue weighted by molar-refractivity contribution is -0.139. The second-order valence-electron chi connectivity index (χ2n) is 3.68. The molecule has 0 aliphatic carbocycles. The second kappa shape index (κ2) is 7.34. The van der Waals surface area contributed by atoms with Crippen LogP contribution in [-0.2, 0) is 14.3 Å². The molecule has 0 aliphatic heterocycles. The van der Waals surface area contributed by atoms with Crippen LogP contribution in [0.5, 0.6) is 0 Å². The number of esters is 1. The number of alkyl halides is 1. The van der Waals surface area contributed by atoms with Crippen LogP contribution in [0.2, 0.25) is 0 Å². The number of rotatable bonds is 5. The summed E-state index contributed by atoms with van der Waals surface area (Å²) < 4.78 is 4.82. The minimum atomic E-state index is -0.712. The average Bonchev–Trinajstić information content (AvgIpc) is 2.42. The molecule has 19 heavy (non-hydrogen) atoms. The van der Waals surface area contributed by atoms with Gasteiger partial charge in [0.05, 0.1) is 17.5 Å². The molecule has 98 valence electrons. The van der Waals surface area contributed by atoms with Crippen molar-refractivity contribution in [2.75, 3.05) is 12.5 Å². The zero-order valence-electron chi connectivity index (χ0n) is 10.4. The number of Topliss-reactive ketones (excluding diaryl/α,β-unsaturated/α-hetero) is 1. The summed E-state index contributed by atoms with van der Waals surface area (Å²) in [5, 5.41) is 8.79. The molecule has 0 unspecified atom stereocenters. The molecule has 5 heteroatoms. The van der Waals surface area contributed by atoms with Crippen LogP contribution in [0, 0.1) is 11.3 Å². The minimum absolute atomic E-state index is 0.0449. The van der Waals surface area contributed by atoms with E-state index in [2.05, 4.69) is 0 Å². The summed E-state index contributed by atoms with van der Waals surface area (Å²) in [6, 6.07) is 8.57. The summed E-state index contributed by atoms with van der Waals surface area (Å²) in [6.07, 6.45) is 1.40. The monoisotopic (exact) mass is 277 g/mol. The number of ketones is 1. The fraction of sp³-hybridized carbons (Fsp3) is 0.214. The Hall–Kier alpha value is -2.12. The minimum Gasteiger partial charge on any atom is -0.461 e. The highest BCUT2D eigenvalue weighted by Crippen LogP contribution is 2.11. The zero-order valence-corrected chi connectivity index (χ0v) is 11.1. The lowest BCUT2D eigenvalue weighted by Gasteiger charge is -2.04. The first kappa shape index (κ1) is 14.9. The Kier molecular flexibility index (Phi) is 5.77. The molecule has 0 atom stereocenters. The largest absolute Gasteiger partial charge is 0.461 e. The summed E-state index contributed by atoms with van der Waals surface area (Å²) in [4.78, 5) is 23.1. The summed E-state index contributed by atoms with van der Waals surface area (Å²) >= 11 is 5.41. The van der Waals surface area contributed by atoms with Gasteiger partial charge < -0.3 is 4.74 Å². The number of nitrogens with zero attached hydrogens (tertiary/aromatic N) is 1. The number of nitriles is 1. The fourth-order valence-corrected chi connectivity index (χ4v) is 1.46. The summed E-state index contributed by atoms with van der Waals surface area (Å²) in [6.45, 7) is 1.32. The van der Waals surface area contributed by atoms with Crippen molar-refractivity contribution in [3.05, 3.63) is 41.0 Å². The van der Waals surface area contributed by atoms with Gasteiger partial charge in [0.15, 0.2) is 5.78 Å². The number of ether oxygens (including phenoxy) is 1. The first-order valence-electron chi connectivity index (χ1n) is 5.54. The Labute approximate surface area is 116 Å². The highest BCUT2D eigenvalue weighted by molar-refractivity contribution is 6.20. The number of hydrogen-bond acceptors (Lipinski definition) is 4. The summed E-state index contributed by atoms with van der Waals surface area (Å²) in [7, 11) is 0. The van der Waals surface area contributed by atoms with E-state index in [-0.39, 0.29) is 18.1 Å². The normalized spacial score (nSPS) is 10.7. The van der Waals surface area contributed by atoms with Crippen LogP contribution in [0.4, 0.5) is 0 Å². The van der Waals surface area contributed by atoms with Crippen molar-refractivity contribution in [3.8, 4) is 6.07 Å². The van der Waals surface area contributed by atoms with E-state index in [1.165, 1.54) is 13.0 Å². The van der Waals surface area contributed by atoms with Crippen LogP contribution < -0.4 is 0 Å². The Morgan fingerprint density at radius 1 is 1.47 bits per heavy atom. The SMILES string of the molecule is CC(=O)/C(=C\c1cccc(C#N)c1)C(=O)OCCCl. The van der Waals surface area contributed by atoms with Gasteiger partial charge in [0, 0.05) is 0 Å². The van der Waals surface area contributed by atoms with Gasteiger partial charge in [0.25, 0.3) is 0 Å². The van der Waals surface area contributed by atoms with E-state index in [4.69, 9.17) is 21.6 Å². The molecule has 0 amide bonds. The van der Waals surface area contributed by atoms with Gasteiger partial charge in [-0.05, 0) is 30.7 Å². The van der Waals surface area contributed by atoms with Gasteiger partial charge in [-0.3, -0.25) is 4.79 Å². The Balaban J connectivity index is 3.04. The summed E-state index contributed by atoms with van der Waals surface area (Å²) in [5.41, 5.74) is 0.970. The molecule has 4 nitrogen and oxygen atoms in total. The van der Waals surface area contributed by atoms with Crippen molar-refractivity contribution in [3.63, 3.8) is 0 Å². The molecule has 0 aliphatic rings. The van der Waals surface area contributed by atoms with Gasteiger partial charge in [-0.15, -0.1) is 11.6 Å². The maximum atomic E-state index is 11.7. The summed E-state index contributed by atoms with van der Waals surface area (Å²) in [5.74, 6) is -0.946. The zero-order chi connectivity index (χ0) is 14.3. The topological polar surface area (TPSA) is 67.2 Å². The highest BCUT2D eigenvalue weighted by atomic mass is 35.5. The Morgan fingerprint density at radius 2 is 2.21 bits per heavy atom. The van der Waals surface area contributed by atoms with Crippen LogP contribution in [0.1, 0.15) is 18.1 Å². The quantitative estimate of drug-likeness (QED) is 0.272. The van der Waals surface area contributed by atoms with Gasteiger partial charge in [0.2, 0.25) is 0 Å². The van der Waals surface area contributed by atoms with Crippen LogP contribution in [-0.4, -0.2) is 24.2 Å². The molecule has 1 rings (SSSR count). The van der Waals surface area contributed by atoms with Crippen LogP contribution in [0.15, 0.2) is 29.8 Å². The van der Waals surface area contributed by atoms with Gasteiger partial charge in [0.1, 0.15) is 12.2 Å². The van der Waals surface area contributed by atoms with Crippen molar-refractivity contribution < 1.29 is 14.3 Å². The predicted octanol–water partition coefficient (Wildman–Crippen LogP) is 2.31. The van der Waals surface area contributed by atoms with Crippen molar-refractivity contribution in [1.29, 1.82) is 5.26 Å². The van der Waals surface area contributed by atoms with E-state index in [9.17, 15) is 9.59 Å². The van der Waals surface area contributed by atoms with E-state index >= 15 is 0 Å². The molecular weight excluding hydrogens is 266 g/mol. The number of halogens is 1. The molecule has 0 heterocycles. The van der Waals surface area contributed by atoms with Crippen LogP contribution in [0.25, 0.3) is 6.08 Å². The maximum absolute atomic E-state index is 11.7. The van der Waals surface area contributed by atoms with E-state index < -0.39 is 11.8 Å². The molecule has 0 fully saturated rings. The maximum Gasteiger partial charge on any atom is 0.341 e. The van der Waals surface area contributed by atoms with Crippen molar-refractivity contribution in [2.45, 2.75) is 6.92 Å².